The predicted molar refractivity (Wildman–Crippen MR) is 70.0 cm³/mol. The van der Waals surface area contributed by atoms with Gasteiger partial charge in [-0.1, -0.05) is 18.0 Å². The van der Waals surface area contributed by atoms with Gasteiger partial charge in [-0.3, -0.25) is 0 Å². The van der Waals surface area contributed by atoms with Gasteiger partial charge in [0.25, 0.3) is 0 Å². The minimum atomic E-state index is 0.809. The molecule has 0 heterocycles. The normalized spacial score (nSPS) is 16.4. The van der Waals surface area contributed by atoms with Gasteiger partial charge in [0, 0.05) is 20.8 Å². The second kappa shape index (κ2) is 4.71. The fourth-order valence-electron chi connectivity index (χ4n) is 1.58. The van der Waals surface area contributed by atoms with Gasteiger partial charge in [-0.2, -0.15) is 0 Å². The standard InChI is InChI=1S/C11H13ClIN/c12-9-4-5-11(10(13)6-9)14-7-8-2-1-3-8/h4-6,8,14H,1-3,7H2. The van der Waals surface area contributed by atoms with Gasteiger partial charge < -0.3 is 5.32 Å². The molecule has 0 unspecified atom stereocenters. The summed E-state index contributed by atoms with van der Waals surface area (Å²) >= 11 is 8.20. The molecule has 1 aromatic rings. The second-order valence-electron chi connectivity index (χ2n) is 3.80. The maximum Gasteiger partial charge on any atom is 0.0477 e. The molecule has 1 saturated carbocycles. The summed E-state index contributed by atoms with van der Waals surface area (Å²) in [5.41, 5.74) is 1.21. The SMILES string of the molecule is Clc1ccc(NCC2CCC2)c(I)c1. The van der Waals surface area contributed by atoms with Crippen molar-refractivity contribution in [3.8, 4) is 0 Å². The van der Waals surface area contributed by atoms with Gasteiger partial charge in [-0.25, -0.2) is 0 Å². The van der Waals surface area contributed by atoms with Crippen molar-refractivity contribution in [2.45, 2.75) is 19.3 Å². The van der Waals surface area contributed by atoms with Crippen LogP contribution < -0.4 is 5.32 Å². The van der Waals surface area contributed by atoms with E-state index in [0.717, 1.165) is 17.5 Å². The highest BCUT2D eigenvalue weighted by atomic mass is 127. The van der Waals surface area contributed by atoms with Crippen molar-refractivity contribution in [3.05, 3.63) is 26.8 Å². The summed E-state index contributed by atoms with van der Waals surface area (Å²) in [4.78, 5) is 0. The van der Waals surface area contributed by atoms with E-state index >= 15 is 0 Å². The van der Waals surface area contributed by atoms with E-state index in [9.17, 15) is 0 Å². The first-order chi connectivity index (χ1) is 6.75. The van der Waals surface area contributed by atoms with Crippen LogP contribution in [0.25, 0.3) is 0 Å². The number of rotatable bonds is 3. The Morgan fingerprint density at radius 3 is 2.79 bits per heavy atom. The van der Waals surface area contributed by atoms with Gasteiger partial charge in [-0.05, 0) is 59.5 Å². The van der Waals surface area contributed by atoms with Crippen LogP contribution in [0.15, 0.2) is 18.2 Å². The highest BCUT2D eigenvalue weighted by Crippen LogP contribution is 2.28. The zero-order valence-electron chi connectivity index (χ0n) is 7.89. The molecule has 0 amide bonds. The van der Waals surface area contributed by atoms with Gasteiger partial charge >= 0.3 is 0 Å². The Labute approximate surface area is 103 Å². The Kier molecular flexibility index (Phi) is 3.55. The zero-order chi connectivity index (χ0) is 9.97. The molecule has 0 radical (unpaired) electrons. The summed E-state index contributed by atoms with van der Waals surface area (Å²) in [5, 5.41) is 4.28. The van der Waals surface area contributed by atoms with Crippen molar-refractivity contribution in [2.75, 3.05) is 11.9 Å². The van der Waals surface area contributed by atoms with Crippen LogP contribution in [0, 0.1) is 9.49 Å². The van der Waals surface area contributed by atoms with Gasteiger partial charge in [0.1, 0.15) is 0 Å². The number of hydrogen-bond acceptors (Lipinski definition) is 1. The van der Waals surface area contributed by atoms with Crippen LogP contribution in [0.4, 0.5) is 5.69 Å². The summed E-state index contributed by atoms with van der Waals surface area (Å²) in [6.07, 6.45) is 4.18. The molecule has 0 aromatic heterocycles. The topological polar surface area (TPSA) is 12.0 Å². The van der Waals surface area contributed by atoms with Crippen molar-refractivity contribution < 1.29 is 0 Å². The third kappa shape index (κ3) is 2.54. The third-order valence-corrected chi connectivity index (χ3v) is 3.86. The lowest BCUT2D eigenvalue weighted by atomic mass is 9.85. The molecule has 0 bridgehead atoms. The van der Waals surface area contributed by atoms with Crippen molar-refractivity contribution in [2.24, 2.45) is 5.92 Å². The summed E-state index contributed by atoms with van der Waals surface area (Å²) in [6.45, 7) is 1.11. The van der Waals surface area contributed by atoms with Crippen LogP contribution in [0.1, 0.15) is 19.3 Å². The van der Waals surface area contributed by atoms with Gasteiger partial charge in [0.2, 0.25) is 0 Å². The molecule has 2 rings (SSSR count). The quantitative estimate of drug-likeness (QED) is 0.824. The third-order valence-electron chi connectivity index (χ3n) is 2.74. The Hall–Kier alpha value is 0.0400. The Morgan fingerprint density at radius 2 is 2.21 bits per heavy atom. The van der Waals surface area contributed by atoms with Gasteiger partial charge in [0.15, 0.2) is 0 Å². The first-order valence-corrected chi connectivity index (χ1v) is 6.40. The highest BCUT2D eigenvalue weighted by Gasteiger charge is 2.16. The minimum Gasteiger partial charge on any atom is -0.384 e. The van der Waals surface area contributed by atoms with Crippen LogP contribution in [0.5, 0.6) is 0 Å². The van der Waals surface area contributed by atoms with E-state index in [0.29, 0.717) is 0 Å². The largest absolute Gasteiger partial charge is 0.384 e. The lowest BCUT2D eigenvalue weighted by Crippen LogP contribution is -2.21. The van der Waals surface area contributed by atoms with Crippen molar-refractivity contribution in [1.82, 2.24) is 0 Å². The Morgan fingerprint density at radius 1 is 1.43 bits per heavy atom. The molecule has 1 aromatic carbocycles. The van der Waals surface area contributed by atoms with Crippen LogP contribution in [-0.2, 0) is 0 Å². The summed E-state index contributed by atoms with van der Waals surface area (Å²) in [7, 11) is 0. The molecular weight excluding hydrogens is 308 g/mol. The summed E-state index contributed by atoms with van der Waals surface area (Å²) < 4.78 is 1.20. The first-order valence-electron chi connectivity index (χ1n) is 4.94. The molecule has 1 fully saturated rings. The van der Waals surface area contributed by atoms with E-state index in [2.05, 4.69) is 34.0 Å². The monoisotopic (exact) mass is 321 g/mol. The molecule has 14 heavy (non-hydrogen) atoms. The lowest BCUT2D eigenvalue weighted by Gasteiger charge is -2.26. The Balaban J connectivity index is 1.94. The number of anilines is 1. The first kappa shape index (κ1) is 10.6. The van der Waals surface area contributed by atoms with Crippen molar-refractivity contribution in [3.63, 3.8) is 0 Å². The predicted octanol–water partition coefficient (Wildman–Crippen LogP) is 4.16. The maximum absolute atomic E-state index is 5.89. The molecule has 0 saturated heterocycles. The van der Waals surface area contributed by atoms with E-state index < -0.39 is 0 Å². The van der Waals surface area contributed by atoms with E-state index in [4.69, 9.17) is 11.6 Å². The average molecular weight is 322 g/mol. The van der Waals surface area contributed by atoms with E-state index in [-0.39, 0.29) is 0 Å². The van der Waals surface area contributed by atoms with Crippen LogP contribution in [0.2, 0.25) is 5.02 Å². The van der Waals surface area contributed by atoms with E-state index in [1.165, 1.54) is 28.5 Å². The van der Waals surface area contributed by atoms with Gasteiger partial charge in [0.05, 0.1) is 0 Å². The summed E-state index contributed by atoms with van der Waals surface area (Å²) in [5.74, 6) is 0.890. The fourth-order valence-corrected chi connectivity index (χ4v) is 2.65. The molecule has 3 heteroatoms. The van der Waals surface area contributed by atoms with Gasteiger partial charge in [-0.15, -0.1) is 0 Å². The molecule has 0 spiro atoms. The average Bonchev–Trinajstić information content (AvgIpc) is 2.05. The Bertz CT molecular complexity index is 323. The highest BCUT2D eigenvalue weighted by molar-refractivity contribution is 14.1. The van der Waals surface area contributed by atoms with E-state index in [1.54, 1.807) is 0 Å². The number of nitrogens with one attached hydrogen (secondary N) is 1. The number of halogens is 2. The van der Waals surface area contributed by atoms with Crippen LogP contribution in [-0.4, -0.2) is 6.54 Å². The van der Waals surface area contributed by atoms with Crippen molar-refractivity contribution >= 4 is 39.9 Å². The summed E-state index contributed by atoms with van der Waals surface area (Å²) in [6, 6.07) is 5.99. The molecule has 76 valence electrons. The molecule has 1 nitrogen and oxygen atoms in total. The van der Waals surface area contributed by atoms with Crippen LogP contribution >= 0.6 is 34.2 Å². The zero-order valence-corrected chi connectivity index (χ0v) is 10.8. The molecule has 1 N–H and O–H groups in total. The van der Waals surface area contributed by atoms with E-state index in [1.807, 2.05) is 12.1 Å². The molecular formula is C11H13ClIN. The molecule has 1 aliphatic carbocycles. The minimum absolute atomic E-state index is 0.809. The number of benzene rings is 1. The fraction of sp³-hybridized carbons (Fsp3) is 0.455. The smallest absolute Gasteiger partial charge is 0.0477 e. The molecule has 0 atom stereocenters. The van der Waals surface area contributed by atoms with Crippen LogP contribution in [0.3, 0.4) is 0 Å². The molecule has 1 aliphatic rings. The second-order valence-corrected chi connectivity index (χ2v) is 5.40. The lowest BCUT2D eigenvalue weighted by molar-refractivity contribution is 0.333. The molecule has 0 aliphatic heterocycles. The van der Waals surface area contributed by atoms with Crippen molar-refractivity contribution in [1.29, 1.82) is 0 Å². The maximum atomic E-state index is 5.89. The number of hydrogen-bond donors (Lipinski definition) is 1.